The van der Waals surface area contributed by atoms with E-state index in [1.54, 1.807) is 0 Å². The van der Waals surface area contributed by atoms with Crippen molar-refractivity contribution in [2.24, 2.45) is 0 Å². The summed E-state index contributed by atoms with van der Waals surface area (Å²) in [4.78, 5) is 7.29. The molecule has 2 heterocycles. The number of nitrogens with zero attached hydrogens (tertiary/aromatic N) is 2. The Morgan fingerprint density at radius 3 is 2.90 bits per heavy atom. The number of rotatable bonds is 5. The van der Waals surface area contributed by atoms with Crippen LogP contribution in [0.4, 0.5) is 5.82 Å². The van der Waals surface area contributed by atoms with Gasteiger partial charge in [0.1, 0.15) is 5.82 Å². The predicted molar refractivity (Wildman–Crippen MR) is 83.3 cm³/mol. The molecule has 1 N–H and O–H groups in total. The first-order valence-electron chi connectivity index (χ1n) is 7.65. The molecule has 1 aromatic rings. The van der Waals surface area contributed by atoms with Gasteiger partial charge in [0.05, 0.1) is 19.3 Å². The zero-order valence-electron chi connectivity index (χ0n) is 13.1. The number of hydrogen-bond donors (Lipinski definition) is 1. The molecule has 4 heteroatoms. The fourth-order valence-corrected chi connectivity index (χ4v) is 2.64. The van der Waals surface area contributed by atoms with E-state index >= 15 is 0 Å². The van der Waals surface area contributed by atoms with Crippen molar-refractivity contribution in [3.05, 3.63) is 23.4 Å². The molecule has 0 bridgehead atoms. The van der Waals surface area contributed by atoms with E-state index in [4.69, 9.17) is 9.72 Å². The average Bonchev–Trinajstić information content (AvgIpc) is 2.47. The van der Waals surface area contributed by atoms with Gasteiger partial charge in [-0.3, -0.25) is 0 Å². The summed E-state index contributed by atoms with van der Waals surface area (Å²) >= 11 is 0. The molecular weight excluding hydrogens is 250 g/mol. The van der Waals surface area contributed by atoms with Crippen LogP contribution in [0.1, 0.15) is 44.4 Å². The molecule has 2 rings (SSSR count). The normalized spacial score (nSPS) is 19.6. The van der Waals surface area contributed by atoms with Gasteiger partial charge in [-0.2, -0.15) is 0 Å². The van der Waals surface area contributed by atoms with E-state index in [0.29, 0.717) is 12.0 Å². The Labute approximate surface area is 122 Å². The molecule has 0 radical (unpaired) electrons. The van der Waals surface area contributed by atoms with Crippen molar-refractivity contribution in [1.82, 2.24) is 10.3 Å². The second kappa shape index (κ2) is 7.04. The lowest BCUT2D eigenvalue weighted by Crippen LogP contribution is -2.45. The number of pyridine rings is 1. The number of nitrogens with one attached hydrogen (secondary N) is 1. The van der Waals surface area contributed by atoms with E-state index in [1.165, 1.54) is 11.3 Å². The van der Waals surface area contributed by atoms with E-state index < -0.39 is 0 Å². The van der Waals surface area contributed by atoms with Crippen LogP contribution in [0, 0.1) is 0 Å². The Hall–Kier alpha value is -1.13. The summed E-state index contributed by atoms with van der Waals surface area (Å²) in [5.74, 6) is 1.56. The molecular formula is C16H27N3O. The van der Waals surface area contributed by atoms with Gasteiger partial charge in [0, 0.05) is 18.8 Å². The van der Waals surface area contributed by atoms with Gasteiger partial charge in [-0.05, 0) is 37.1 Å². The van der Waals surface area contributed by atoms with Crippen molar-refractivity contribution in [3.8, 4) is 0 Å². The van der Waals surface area contributed by atoms with Crippen LogP contribution in [0.5, 0.6) is 0 Å². The van der Waals surface area contributed by atoms with E-state index in [0.717, 1.165) is 38.5 Å². The van der Waals surface area contributed by atoms with Crippen molar-refractivity contribution in [2.45, 2.75) is 45.7 Å². The lowest BCUT2D eigenvalue weighted by Gasteiger charge is -2.36. The van der Waals surface area contributed by atoms with Gasteiger partial charge < -0.3 is 15.0 Å². The van der Waals surface area contributed by atoms with Crippen molar-refractivity contribution in [3.63, 3.8) is 0 Å². The third kappa shape index (κ3) is 3.49. The Morgan fingerprint density at radius 1 is 1.45 bits per heavy atom. The molecule has 1 aliphatic rings. The van der Waals surface area contributed by atoms with Gasteiger partial charge in [0.2, 0.25) is 0 Å². The van der Waals surface area contributed by atoms with Gasteiger partial charge in [-0.1, -0.05) is 20.8 Å². The Bertz CT molecular complexity index is 434. The first kappa shape index (κ1) is 15.3. The molecule has 1 unspecified atom stereocenters. The molecule has 0 amide bonds. The fourth-order valence-electron chi connectivity index (χ4n) is 2.64. The minimum atomic E-state index is 0.445. The van der Waals surface area contributed by atoms with Crippen molar-refractivity contribution < 1.29 is 4.74 Å². The minimum absolute atomic E-state index is 0.445. The number of anilines is 1. The van der Waals surface area contributed by atoms with Crippen LogP contribution in [0.15, 0.2) is 12.1 Å². The van der Waals surface area contributed by atoms with Crippen LogP contribution in [0.3, 0.4) is 0 Å². The Balaban J connectivity index is 2.32. The summed E-state index contributed by atoms with van der Waals surface area (Å²) in [7, 11) is 1.98. The van der Waals surface area contributed by atoms with Crippen molar-refractivity contribution >= 4 is 5.82 Å². The topological polar surface area (TPSA) is 37.4 Å². The highest BCUT2D eigenvalue weighted by molar-refractivity contribution is 5.45. The van der Waals surface area contributed by atoms with Crippen LogP contribution < -0.4 is 10.2 Å². The zero-order valence-corrected chi connectivity index (χ0v) is 13.1. The van der Waals surface area contributed by atoms with Crippen molar-refractivity contribution in [1.29, 1.82) is 0 Å². The molecule has 0 aliphatic carbocycles. The minimum Gasteiger partial charge on any atom is -0.377 e. The maximum atomic E-state index is 5.60. The summed E-state index contributed by atoms with van der Waals surface area (Å²) in [6, 6.07) is 4.88. The van der Waals surface area contributed by atoms with Crippen molar-refractivity contribution in [2.75, 3.05) is 31.7 Å². The van der Waals surface area contributed by atoms with Gasteiger partial charge in [-0.25, -0.2) is 4.98 Å². The third-order valence-corrected chi connectivity index (χ3v) is 3.86. The maximum Gasteiger partial charge on any atom is 0.129 e. The number of ether oxygens (including phenoxy) is 1. The molecule has 4 nitrogen and oxygen atoms in total. The molecule has 1 atom stereocenters. The molecule has 1 aliphatic heterocycles. The first-order chi connectivity index (χ1) is 9.65. The molecule has 0 spiro atoms. The molecule has 0 saturated carbocycles. The standard InChI is InChI=1S/C16H27N3O/c1-5-14-11-20-7-6-19(14)16-9-13(10-17-4)8-15(18-16)12(2)3/h8-9,12,14,17H,5-7,10-11H2,1-4H3. The highest BCUT2D eigenvalue weighted by Crippen LogP contribution is 2.24. The van der Waals surface area contributed by atoms with Gasteiger partial charge in [-0.15, -0.1) is 0 Å². The highest BCUT2D eigenvalue weighted by Gasteiger charge is 2.23. The second-order valence-electron chi connectivity index (χ2n) is 5.77. The summed E-state index contributed by atoms with van der Waals surface area (Å²) in [6.45, 7) is 10.0. The van der Waals surface area contributed by atoms with Crippen LogP contribution >= 0.6 is 0 Å². The SMILES string of the molecule is CCC1COCCN1c1cc(CNC)cc(C(C)C)n1. The third-order valence-electron chi connectivity index (χ3n) is 3.86. The van der Waals surface area contributed by atoms with E-state index in [1.807, 2.05) is 7.05 Å². The van der Waals surface area contributed by atoms with Crippen LogP contribution in [0.25, 0.3) is 0 Å². The lowest BCUT2D eigenvalue weighted by atomic mass is 10.1. The molecule has 20 heavy (non-hydrogen) atoms. The Kier molecular flexibility index (Phi) is 5.38. The summed E-state index contributed by atoms with van der Waals surface area (Å²) in [5, 5.41) is 3.23. The van der Waals surface area contributed by atoms with E-state index in [-0.39, 0.29) is 0 Å². The average molecular weight is 277 g/mol. The largest absolute Gasteiger partial charge is 0.377 e. The van der Waals surface area contributed by atoms with Crippen LogP contribution in [-0.2, 0) is 11.3 Å². The molecule has 112 valence electrons. The second-order valence-corrected chi connectivity index (χ2v) is 5.77. The smallest absolute Gasteiger partial charge is 0.129 e. The number of hydrogen-bond acceptors (Lipinski definition) is 4. The number of aromatic nitrogens is 1. The van der Waals surface area contributed by atoms with Gasteiger partial charge in [0.25, 0.3) is 0 Å². The summed E-state index contributed by atoms with van der Waals surface area (Å²) in [6.07, 6.45) is 1.09. The monoisotopic (exact) mass is 277 g/mol. The lowest BCUT2D eigenvalue weighted by molar-refractivity contribution is 0.0925. The van der Waals surface area contributed by atoms with E-state index in [2.05, 4.69) is 43.1 Å². The van der Waals surface area contributed by atoms with Crippen LogP contribution in [0.2, 0.25) is 0 Å². The maximum absolute atomic E-state index is 5.60. The summed E-state index contributed by atoms with van der Waals surface area (Å²) < 4.78 is 5.60. The molecule has 1 saturated heterocycles. The molecule has 1 aromatic heterocycles. The van der Waals surface area contributed by atoms with Gasteiger partial charge in [0.15, 0.2) is 0 Å². The number of morpholine rings is 1. The molecule has 1 fully saturated rings. The highest BCUT2D eigenvalue weighted by atomic mass is 16.5. The molecule has 0 aromatic carbocycles. The summed E-state index contributed by atoms with van der Waals surface area (Å²) in [5.41, 5.74) is 2.48. The quantitative estimate of drug-likeness (QED) is 0.897. The van der Waals surface area contributed by atoms with Crippen LogP contribution in [-0.4, -0.2) is 37.8 Å². The first-order valence-corrected chi connectivity index (χ1v) is 7.65. The Morgan fingerprint density at radius 2 is 2.25 bits per heavy atom. The van der Waals surface area contributed by atoms with Gasteiger partial charge >= 0.3 is 0 Å². The zero-order chi connectivity index (χ0) is 14.5. The fraction of sp³-hybridized carbons (Fsp3) is 0.688. The van der Waals surface area contributed by atoms with E-state index in [9.17, 15) is 0 Å². The predicted octanol–water partition coefficient (Wildman–Crippen LogP) is 2.54.